The number of nitrogens with zero attached hydrogens (tertiary/aromatic N) is 3. The monoisotopic (exact) mass is 471 g/mol. The van der Waals surface area contributed by atoms with Crippen molar-refractivity contribution in [3.63, 3.8) is 0 Å². The summed E-state index contributed by atoms with van der Waals surface area (Å²) in [6, 6.07) is 9.48. The Kier molecular flexibility index (Phi) is 10.1. The summed E-state index contributed by atoms with van der Waals surface area (Å²) in [7, 11) is 1.79. The number of phenolic OH excluding ortho intramolecular Hbond substituents is 1. The molecule has 2 rings (SSSR count). The number of nitrogens with one attached hydrogen (secondary N) is 2. The van der Waals surface area contributed by atoms with Crippen LogP contribution in [0.3, 0.4) is 0 Å². The van der Waals surface area contributed by atoms with Crippen molar-refractivity contribution in [3.05, 3.63) is 47.3 Å². The number of rotatable bonds is 8. The average molecular weight is 471 g/mol. The molecule has 0 radical (unpaired) electrons. The molecule has 0 amide bonds. The predicted octanol–water partition coefficient (Wildman–Crippen LogP) is 3.01. The van der Waals surface area contributed by atoms with Gasteiger partial charge in [0.25, 0.3) is 0 Å². The van der Waals surface area contributed by atoms with Gasteiger partial charge in [0.1, 0.15) is 5.75 Å². The zero-order chi connectivity index (χ0) is 18.1. The van der Waals surface area contributed by atoms with E-state index in [4.69, 9.17) is 0 Å². The van der Waals surface area contributed by atoms with Crippen molar-refractivity contribution >= 4 is 29.9 Å². The highest BCUT2D eigenvalue weighted by atomic mass is 127. The topological polar surface area (TPSA) is 74.5 Å². The molecule has 0 bridgehead atoms. The van der Waals surface area contributed by atoms with Gasteiger partial charge >= 0.3 is 0 Å². The Hall–Kier alpha value is -1.77. The van der Waals surface area contributed by atoms with Gasteiger partial charge in [-0.3, -0.25) is 9.67 Å². The number of hydrogen-bond acceptors (Lipinski definition) is 3. The number of aromatic hydroxyl groups is 1. The summed E-state index contributed by atoms with van der Waals surface area (Å²) in [5.74, 6) is 1.14. The third-order valence-electron chi connectivity index (χ3n) is 4.04. The molecule has 0 unspecified atom stereocenters. The van der Waals surface area contributed by atoms with Crippen molar-refractivity contribution in [2.75, 3.05) is 20.1 Å². The van der Waals surface area contributed by atoms with E-state index in [1.54, 1.807) is 19.2 Å². The smallest absolute Gasteiger partial charge is 0.190 e. The van der Waals surface area contributed by atoms with Crippen molar-refractivity contribution in [1.29, 1.82) is 0 Å². The van der Waals surface area contributed by atoms with Crippen LogP contribution in [-0.4, -0.2) is 41.0 Å². The minimum Gasteiger partial charge on any atom is -0.508 e. The van der Waals surface area contributed by atoms with Crippen LogP contribution in [0.4, 0.5) is 0 Å². The average Bonchev–Trinajstić information content (AvgIpc) is 2.92. The molecule has 0 aliphatic heterocycles. The fourth-order valence-corrected chi connectivity index (χ4v) is 2.72. The number of guanidine groups is 1. The number of aliphatic imine (C=N–C) groups is 1. The molecule has 0 fully saturated rings. The Morgan fingerprint density at radius 3 is 2.35 bits per heavy atom. The second-order valence-electron chi connectivity index (χ2n) is 6.20. The Labute approximate surface area is 173 Å². The summed E-state index contributed by atoms with van der Waals surface area (Å²) < 4.78 is 2.05. The molecule has 1 aromatic heterocycles. The highest BCUT2D eigenvalue weighted by Crippen LogP contribution is 2.10. The summed E-state index contributed by atoms with van der Waals surface area (Å²) >= 11 is 0. The van der Waals surface area contributed by atoms with Crippen LogP contribution < -0.4 is 10.6 Å². The van der Waals surface area contributed by atoms with Gasteiger partial charge in [0, 0.05) is 32.4 Å². The van der Waals surface area contributed by atoms with Crippen LogP contribution >= 0.6 is 24.0 Å². The molecular formula is C19H30IN5O. The number of aromatic nitrogens is 2. The fraction of sp³-hybridized carbons (Fsp3) is 0.474. The van der Waals surface area contributed by atoms with E-state index in [1.165, 1.54) is 11.3 Å². The van der Waals surface area contributed by atoms with Crippen LogP contribution in [0, 0.1) is 13.8 Å². The fourth-order valence-electron chi connectivity index (χ4n) is 2.72. The third kappa shape index (κ3) is 7.63. The maximum atomic E-state index is 9.28. The predicted molar refractivity (Wildman–Crippen MR) is 118 cm³/mol. The second kappa shape index (κ2) is 11.8. The van der Waals surface area contributed by atoms with Crippen LogP contribution in [0.1, 0.15) is 29.8 Å². The summed E-state index contributed by atoms with van der Waals surface area (Å²) in [6.07, 6.45) is 2.98. The largest absolute Gasteiger partial charge is 0.508 e. The normalized spacial score (nSPS) is 11.1. The molecule has 3 N–H and O–H groups in total. The summed E-state index contributed by atoms with van der Waals surface area (Å²) in [4.78, 5) is 4.25. The molecule has 0 spiro atoms. The lowest BCUT2D eigenvalue weighted by atomic mass is 10.1. The third-order valence-corrected chi connectivity index (χ3v) is 4.04. The standard InChI is InChI=1S/C19H29N5O.HI/c1-15-14-16(2)24(23-15)13-5-12-22-19(20-3)21-11-4-6-17-7-9-18(25)10-8-17;/h7-10,14,25H,4-6,11-13H2,1-3H3,(H2,20,21,22);1H. The molecule has 7 heteroatoms. The summed E-state index contributed by atoms with van der Waals surface area (Å²) in [6.45, 7) is 6.73. The van der Waals surface area contributed by atoms with Crippen molar-refractivity contribution in [2.45, 2.75) is 39.7 Å². The first kappa shape index (κ1) is 22.3. The van der Waals surface area contributed by atoms with E-state index in [9.17, 15) is 5.11 Å². The zero-order valence-corrected chi connectivity index (χ0v) is 18.2. The highest BCUT2D eigenvalue weighted by Gasteiger charge is 2.01. The van der Waals surface area contributed by atoms with Crippen molar-refractivity contribution in [1.82, 2.24) is 20.4 Å². The van der Waals surface area contributed by atoms with E-state index in [1.807, 2.05) is 23.7 Å². The minimum atomic E-state index is 0. The van der Waals surface area contributed by atoms with Crippen molar-refractivity contribution in [3.8, 4) is 5.75 Å². The summed E-state index contributed by atoms with van der Waals surface area (Å²) in [5.41, 5.74) is 3.50. The van der Waals surface area contributed by atoms with Gasteiger partial charge in [0.15, 0.2) is 5.96 Å². The van der Waals surface area contributed by atoms with Gasteiger partial charge in [-0.05, 0) is 56.9 Å². The lowest BCUT2D eigenvalue weighted by molar-refractivity contribution is 0.475. The number of benzene rings is 1. The zero-order valence-electron chi connectivity index (χ0n) is 15.8. The molecule has 0 aliphatic carbocycles. The van der Waals surface area contributed by atoms with Gasteiger partial charge in [-0.15, -0.1) is 24.0 Å². The van der Waals surface area contributed by atoms with Crippen LogP contribution in [0.15, 0.2) is 35.3 Å². The molecule has 0 saturated carbocycles. The van der Waals surface area contributed by atoms with Gasteiger partial charge in [-0.2, -0.15) is 5.10 Å². The van der Waals surface area contributed by atoms with Crippen molar-refractivity contribution < 1.29 is 5.11 Å². The highest BCUT2D eigenvalue weighted by molar-refractivity contribution is 14.0. The van der Waals surface area contributed by atoms with Crippen LogP contribution in [0.2, 0.25) is 0 Å². The Morgan fingerprint density at radius 2 is 1.77 bits per heavy atom. The molecule has 1 heterocycles. The molecule has 0 atom stereocenters. The van der Waals surface area contributed by atoms with E-state index in [0.717, 1.165) is 50.6 Å². The second-order valence-corrected chi connectivity index (χ2v) is 6.20. The molecule has 26 heavy (non-hydrogen) atoms. The maximum absolute atomic E-state index is 9.28. The van der Waals surface area contributed by atoms with Gasteiger partial charge in [0.2, 0.25) is 0 Å². The molecule has 1 aromatic carbocycles. The van der Waals surface area contributed by atoms with E-state index >= 15 is 0 Å². The SMILES string of the molecule is CN=C(NCCCc1ccc(O)cc1)NCCCn1nc(C)cc1C.I. The van der Waals surface area contributed by atoms with Crippen LogP contribution in [0.5, 0.6) is 5.75 Å². The molecule has 144 valence electrons. The Balaban J connectivity index is 0.00000338. The quantitative estimate of drug-likeness (QED) is 0.240. The lowest BCUT2D eigenvalue weighted by Crippen LogP contribution is -2.38. The van der Waals surface area contributed by atoms with E-state index in [-0.39, 0.29) is 24.0 Å². The lowest BCUT2D eigenvalue weighted by Gasteiger charge is -2.12. The molecule has 0 saturated heterocycles. The maximum Gasteiger partial charge on any atom is 0.190 e. The molecule has 6 nitrogen and oxygen atoms in total. The molecule has 0 aliphatic rings. The van der Waals surface area contributed by atoms with Gasteiger partial charge < -0.3 is 15.7 Å². The number of phenols is 1. The molecular weight excluding hydrogens is 441 g/mol. The van der Waals surface area contributed by atoms with Gasteiger partial charge in [-0.1, -0.05) is 12.1 Å². The van der Waals surface area contributed by atoms with Gasteiger partial charge in [0.05, 0.1) is 5.69 Å². The van der Waals surface area contributed by atoms with E-state index in [0.29, 0.717) is 5.75 Å². The van der Waals surface area contributed by atoms with E-state index in [2.05, 4.69) is 33.7 Å². The minimum absolute atomic E-state index is 0. The molecule has 2 aromatic rings. The Morgan fingerprint density at radius 1 is 1.12 bits per heavy atom. The number of halogens is 1. The van der Waals surface area contributed by atoms with E-state index < -0.39 is 0 Å². The van der Waals surface area contributed by atoms with Gasteiger partial charge in [-0.25, -0.2) is 0 Å². The first-order chi connectivity index (χ1) is 12.1. The van der Waals surface area contributed by atoms with Crippen LogP contribution in [-0.2, 0) is 13.0 Å². The van der Waals surface area contributed by atoms with Crippen molar-refractivity contribution in [2.24, 2.45) is 4.99 Å². The first-order valence-corrected chi connectivity index (χ1v) is 8.82. The summed E-state index contributed by atoms with van der Waals surface area (Å²) in [5, 5.41) is 20.4. The Bertz CT molecular complexity index is 682. The number of hydrogen-bond donors (Lipinski definition) is 3. The number of aryl methyl sites for hydroxylation is 4. The first-order valence-electron chi connectivity index (χ1n) is 8.82. The van der Waals surface area contributed by atoms with Crippen LogP contribution in [0.25, 0.3) is 0 Å².